The van der Waals surface area contributed by atoms with E-state index in [-0.39, 0.29) is 24.2 Å². The minimum Gasteiger partial charge on any atom is -0.486 e. The lowest BCUT2D eigenvalue weighted by atomic mass is 10.0. The summed E-state index contributed by atoms with van der Waals surface area (Å²) in [6.07, 6.45) is 1.20. The smallest absolute Gasteiger partial charge is 0.287 e. The third-order valence-electron chi connectivity index (χ3n) is 3.91. The predicted octanol–water partition coefficient (Wildman–Crippen LogP) is 3.13. The van der Waals surface area contributed by atoms with Gasteiger partial charge in [0.25, 0.3) is 5.91 Å². The minimum absolute atomic E-state index is 0.0417. The van der Waals surface area contributed by atoms with Gasteiger partial charge in [-0.25, -0.2) is 0 Å². The predicted molar refractivity (Wildman–Crippen MR) is 93.6 cm³/mol. The molecule has 0 unspecified atom stereocenters. The Morgan fingerprint density at radius 3 is 2.92 bits per heavy atom. The van der Waals surface area contributed by atoms with Crippen molar-refractivity contribution in [1.82, 2.24) is 5.32 Å². The van der Waals surface area contributed by atoms with E-state index in [1.165, 1.54) is 0 Å². The molecule has 1 aromatic carbocycles. The molecule has 6 nitrogen and oxygen atoms in total. The highest BCUT2D eigenvalue weighted by atomic mass is 16.5. The van der Waals surface area contributed by atoms with Crippen LogP contribution in [0.25, 0.3) is 0 Å². The highest BCUT2D eigenvalue weighted by molar-refractivity contribution is 5.94. The largest absolute Gasteiger partial charge is 0.486 e. The quantitative estimate of drug-likeness (QED) is 0.845. The minimum atomic E-state index is -0.218. The lowest BCUT2D eigenvalue weighted by molar-refractivity contribution is -0.116. The van der Waals surface area contributed by atoms with Gasteiger partial charge in [0.1, 0.15) is 18.1 Å². The van der Waals surface area contributed by atoms with Crippen LogP contribution in [0.2, 0.25) is 0 Å². The average molecular weight is 342 g/mol. The van der Waals surface area contributed by atoms with E-state index in [1.54, 1.807) is 12.1 Å². The van der Waals surface area contributed by atoms with Gasteiger partial charge in [-0.1, -0.05) is 13.8 Å². The molecule has 1 aliphatic heterocycles. The molecular weight excluding hydrogens is 320 g/mol. The highest BCUT2D eigenvalue weighted by Crippen LogP contribution is 2.27. The van der Waals surface area contributed by atoms with Gasteiger partial charge in [-0.15, -0.1) is 0 Å². The molecule has 0 aliphatic carbocycles. The van der Waals surface area contributed by atoms with Crippen LogP contribution in [0.5, 0.6) is 5.75 Å². The Balaban J connectivity index is 1.57. The first-order chi connectivity index (χ1) is 12.0. The lowest BCUT2D eigenvalue weighted by Crippen LogP contribution is -2.26. The van der Waals surface area contributed by atoms with Crippen LogP contribution in [0.15, 0.2) is 34.7 Å². The van der Waals surface area contributed by atoms with Crippen molar-refractivity contribution in [3.05, 3.63) is 47.4 Å². The van der Waals surface area contributed by atoms with E-state index in [0.29, 0.717) is 36.8 Å². The van der Waals surface area contributed by atoms with Gasteiger partial charge < -0.3 is 19.8 Å². The van der Waals surface area contributed by atoms with E-state index < -0.39 is 0 Å². The Kier molecular flexibility index (Phi) is 5.07. The maximum Gasteiger partial charge on any atom is 0.287 e. The van der Waals surface area contributed by atoms with E-state index >= 15 is 0 Å². The van der Waals surface area contributed by atoms with Crippen LogP contribution < -0.4 is 15.4 Å². The number of ether oxygens (including phenoxy) is 1. The molecule has 2 amide bonds. The molecule has 1 aliphatic rings. The number of furan rings is 1. The van der Waals surface area contributed by atoms with Gasteiger partial charge in [-0.3, -0.25) is 9.59 Å². The molecule has 2 N–H and O–H groups in total. The fourth-order valence-corrected chi connectivity index (χ4v) is 2.57. The maximum absolute atomic E-state index is 11.9. The molecule has 0 saturated heterocycles. The van der Waals surface area contributed by atoms with Gasteiger partial charge in [0.2, 0.25) is 5.91 Å². The number of amides is 2. The first kappa shape index (κ1) is 17.1. The summed E-state index contributed by atoms with van der Waals surface area (Å²) in [6.45, 7) is 4.91. The third kappa shape index (κ3) is 4.41. The number of fused-ring (bicyclic) bond motifs is 1. The van der Waals surface area contributed by atoms with Crippen LogP contribution in [-0.2, 0) is 17.8 Å². The number of nitrogens with one attached hydrogen (secondary N) is 2. The normalized spacial score (nSPS) is 13.3. The SMILES string of the molecule is CC(C)CNC(=O)c1ccc(COc2ccc3c(c2)CCC(=O)N3)o1. The second-order valence-electron chi connectivity index (χ2n) is 6.53. The Labute approximate surface area is 146 Å². The van der Waals surface area contributed by atoms with Crippen LogP contribution in [0.3, 0.4) is 0 Å². The van der Waals surface area contributed by atoms with E-state index in [9.17, 15) is 9.59 Å². The summed E-state index contributed by atoms with van der Waals surface area (Å²) in [6, 6.07) is 8.96. The number of hydrogen-bond donors (Lipinski definition) is 2. The number of aryl methyl sites for hydroxylation is 1. The monoisotopic (exact) mass is 342 g/mol. The fourth-order valence-electron chi connectivity index (χ4n) is 2.57. The number of carbonyl (C=O) groups is 2. The number of anilines is 1. The Bertz CT molecular complexity index is 779. The molecule has 0 saturated carbocycles. The first-order valence-electron chi connectivity index (χ1n) is 8.44. The van der Waals surface area contributed by atoms with E-state index in [1.807, 2.05) is 32.0 Å². The Hall–Kier alpha value is -2.76. The van der Waals surface area contributed by atoms with Crippen LogP contribution in [0.1, 0.15) is 42.1 Å². The molecule has 0 bridgehead atoms. The zero-order valence-electron chi connectivity index (χ0n) is 14.4. The molecule has 0 atom stereocenters. The van der Waals surface area contributed by atoms with Crippen molar-refractivity contribution in [2.24, 2.45) is 5.92 Å². The standard InChI is InChI=1S/C19H22N2O4/c1-12(2)10-20-19(23)17-7-5-15(25-17)11-24-14-4-6-16-13(9-14)3-8-18(22)21-16/h4-7,9,12H,3,8,10-11H2,1-2H3,(H,20,23)(H,21,22). The summed E-state index contributed by atoms with van der Waals surface area (Å²) >= 11 is 0. The van der Waals surface area contributed by atoms with Crippen LogP contribution in [0.4, 0.5) is 5.69 Å². The lowest BCUT2D eigenvalue weighted by Gasteiger charge is -2.17. The number of benzene rings is 1. The van der Waals surface area contributed by atoms with Gasteiger partial charge in [0, 0.05) is 18.7 Å². The fraction of sp³-hybridized carbons (Fsp3) is 0.368. The van der Waals surface area contributed by atoms with E-state index in [4.69, 9.17) is 9.15 Å². The van der Waals surface area contributed by atoms with E-state index in [0.717, 1.165) is 11.3 Å². The van der Waals surface area contributed by atoms with Crippen LogP contribution in [0, 0.1) is 5.92 Å². The number of rotatable bonds is 6. The topological polar surface area (TPSA) is 80.6 Å². The summed E-state index contributed by atoms with van der Waals surface area (Å²) in [4.78, 5) is 23.3. The summed E-state index contributed by atoms with van der Waals surface area (Å²) < 4.78 is 11.3. The number of hydrogen-bond acceptors (Lipinski definition) is 4. The second kappa shape index (κ2) is 7.42. The second-order valence-corrected chi connectivity index (χ2v) is 6.53. The van der Waals surface area contributed by atoms with Crippen LogP contribution in [-0.4, -0.2) is 18.4 Å². The number of carbonyl (C=O) groups excluding carboxylic acids is 2. The molecular formula is C19H22N2O4. The van der Waals surface area contributed by atoms with Crippen molar-refractivity contribution in [1.29, 1.82) is 0 Å². The molecule has 0 radical (unpaired) electrons. The molecule has 132 valence electrons. The Morgan fingerprint density at radius 1 is 1.28 bits per heavy atom. The van der Waals surface area contributed by atoms with Gasteiger partial charge in [-0.2, -0.15) is 0 Å². The molecule has 6 heteroatoms. The highest BCUT2D eigenvalue weighted by Gasteiger charge is 2.15. The Morgan fingerprint density at radius 2 is 2.12 bits per heavy atom. The van der Waals surface area contributed by atoms with Crippen molar-refractivity contribution in [2.75, 3.05) is 11.9 Å². The molecule has 1 aromatic heterocycles. The first-order valence-corrected chi connectivity index (χ1v) is 8.44. The molecule has 2 heterocycles. The van der Waals surface area contributed by atoms with Crippen molar-refractivity contribution < 1.29 is 18.7 Å². The third-order valence-corrected chi connectivity index (χ3v) is 3.91. The van der Waals surface area contributed by atoms with Crippen molar-refractivity contribution in [2.45, 2.75) is 33.3 Å². The molecule has 0 spiro atoms. The summed E-state index contributed by atoms with van der Waals surface area (Å²) in [5.41, 5.74) is 1.90. The zero-order chi connectivity index (χ0) is 17.8. The summed E-state index contributed by atoms with van der Waals surface area (Å²) in [5.74, 6) is 1.78. The van der Waals surface area contributed by atoms with Crippen molar-refractivity contribution in [3.63, 3.8) is 0 Å². The van der Waals surface area contributed by atoms with Crippen molar-refractivity contribution >= 4 is 17.5 Å². The molecule has 0 fully saturated rings. The van der Waals surface area contributed by atoms with Gasteiger partial charge >= 0.3 is 0 Å². The zero-order valence-corrected chi connectivity index (χ0v) is 14.4. The van der Waals surface area contributed by atoms with Crippen molar-refractivity contribution in [3.8, 4) is 5.75 Å². The van der Waals surface area contributed by atoms with Crippen LogP contribution >= 0.6 is 0 Å². The average Bonchev–Trinajstić information content (AvgIpc) is 3.07. The molecule has 25 heavy (non-hydrogen) atoms. The van der Waals surface area contributed by atoms with E-state index in [2.05, 4.69) is 10.6 Å². The van der Waals surface area contributed by atoms with Gasteiger partial charge in [0.05, 0.1) is 0 Å². The molecule has 3 rings (SSSR count). The van der Waals surface area contributed by atoms with Gasteiger partial charge in [0.15, 0.2) is 5.76 Å². The summed E-state index contributed by atoms with van der Waals surface area (Å²) in [5, 5.41) is 5.65. The summed E-state index contributed by atoms with van der Waals surface area (Å²) in [7, 11) is 0. The van der Waals surface area contributed by atoms with Gasteiger partial charge in [-0.05, 0) is 48.2 Å². The molecule has 2 aromatic rings. The maximum atomic E-state index is 11.9.